The van der Waals surface area contributed by atoms with E-state index in [0.29, 0.717) is 73.9 Å². The molecule has 39 heavy (non-hydrogen) atoms. The summed E-state index contributed by atoms with van der Waals surface area (Å²) in [7, 11) is 0. The van der Waals surface area contributed by atoms with E-state index in [-0.39, 0.29) is 29.6 Å². The molecule has 4 heterocycles. The fraction of sp³-hybridized carbons (Fsp3) is 0.500. The lowest BCUT2D eigenvalue weighted by atomic mass is 9.78. The van der Waals surface area contributed by atoms with Gasteiger partial charge in [-0.25, -0.2) is 14.2 Å². The smallest absolute Gasteiger partial charge is 0.407 e. The number of pyridine rings is 1. The number of ether oxygens (including phenoxy) is 2. The Bertz CT molecular complexity index is 1420. The molecule has 0 bridgehead atoms. The third-order valence-electron chi connectivity index (χ3n) is 7.61. The molecule has 2 atom stereocenters. The van der Waals surface area contributed by atoms with Gasteiger partial charge < -0.3 is 19.1 Å². The van der Waals surface area contributed by atoms with Crippen LogP contribution in [0.1, 0.15) is 39.3 Å². The number of amides is 1. The number of halogens is 1. The van der Waals surface area contributed by atoms with Gasteiger partial charge in [0, 0.05) is 43.9 Å². The highest BCUT2D eigenvalue weighted by Crippen LogP contribution is 2.35. The highest BCUT2D eigenvalue weighted by molar-refractivity contribution is 5.74. The SMILES string of the molecule is CC(C)(C)C1CC(N(Cc2cc3c(cn2)OCCO3)C(=O)O)CCN1CCn1c(=O)cnc2cc(F)ccc21. The zero-order valence-corrected chi connectivity index (χ0v) is 22.5. The van der Waals surface area contributed by atoms with E-state index in [9.17, 15) is 19.1 Å². The number of nitrogens with zero attached hydrogens (tertiary/aromatic N) is 5. The zero-order chi connectivity index (χ0) is 27.7. The van der Waals surface area contributed by atoms with Crippen LogP contribution in [0.15, 0.2) is 41.5 Å². The summed E-state index contributed by atoms with van der Waals surface area (Å²) in [5, 5.41) is 10.1. The third-order valence-corrected chi connectivity index (χ3v) is 7.61. The van der Waals surface area contributed by atoms with Gasteiger partial charge in [-0.05, 0) is 30.4 Å². The van der Waals surface area contributed by atoms with Crippen LogP contribution in [0.3, 0.4) is 0 Å². The lowest BCUT2D eigenvalue weighted by molar-refractivity contribution is 0.0128. The van der Waals surface area contributed by atoms with Crippen molar-refractivity contribution < 1.29 is 23.8 Å². The molecular formula is C28H34FN5O5. The van der Waals surface area contributed by atoms with Crippen molar-refractivity contribution in [2.45, 2.75) is 58.8 Å². The van der Waals surface area contributed by atoms with Crippen molar-refractivity contribution in [1.82, 2.24) is 24.3 Å². The van der Waals surface area contributed by atoms with E-state index in [1.165, 1.54) is 23.2 Å². The maximum atomic E-state index is 13.7. The highest BCUT2D eigenvalue weighted by atomic mass is 19.1. The van der Waals surface area contributed by atoms with Crippen LogP contribution in [0.25, 0.3) is 11.0 Å². The summed E-state index contributed by atoms with van der Waals surface area (Å²) in [6, 6.07) is 5.89. The maximum absolute atomic E-state index is 13.7. The van der Waals surface area contributed by atoms with Gasteiger partial charge in [-0.3, -0.25) is 19.6 Å². The average Bonchev–Trinajstić information content (AvgIpc) is 2.90. The van der Waals surface area contributed by atoms with Crippen LogP contribution in [0, 0.1) is 11.2 Å². The first-order chi connectivity index (χ1) is 18.6. The second-order valence-corrected chi connectivity index (χ2v) is 11.2. The quantitative estimate of drug-likeness (QED) is 0.504. The van der Waals surface area contributed by atoms with Gasteiger partial charge in [0.1, 0.15) is 19.0 Å². The lowest BCUT2D eigenvalue weighted by Crippen LogP contribution is -2.55. The van der Waals surface area contributed by atoms with Crippen molar-refractivity contribution in [2.75, 3.05) is 26.3 Å². The molecular weight excluding hydrogens is 505 g/mol. The molecule has 5 rings (SSSR count). The largest absolute Gasteiger partial charge is 0.486 e. The van der Waals surface area contributed by atoms with Crippen molar-refractivity contribution in [3.63, 3.8) is 0 Å². The molecule has 1 fully saturated rings. The second-order valence-electron chi connectivity index (χ2n) is 11.2. The van der Waals surface area contributed by atoms with Crippen molar-refractivity contribution in [1.29, 1.82) is 0 Å². The molecule has 2 aromatic heterocycles. The summed E-state index contributed by atoms with van der Waals surface area (Å²) in [6.45, 7) is 9.22. The zero-order valence-electron chi connectivity index (χ0n) is 22.5. The molecule has 0 spiro atoms. The van der Waals surface area contributed by atoms with Gasteiger partial charge >= 0.3 is 6.09 Å². The maximum Gasteiger partial charge on any atom is 0.407 e. The molecule has 0 saturated carbocycles. The van der Waals surface area contributed by atoms with Crippen molar-refractivity contribution in [2.24, 2.45) is 5.41 Å². The third kappa shape index (κ3) is 5.83. The van der Waals surface area contributed by atoms with Crippen LogP contribution in [0.5, 0.6) is 11.5 Å². The first-order valence-corrected chi connectivity index (χ1v) is 13.2. The lowest BCUT2D eigenvalue weighted by Gasteiger charge is -2.48. The van der Waals surface area contributed by atoms with Crippen LogP contribution in [0.4, 0.5) is 9.18 Å². The van der Waals surface area contributed by atoms with Crippen LogP contribution < -0.4 is 15.0 Å². The summed E-state index contributed by atoms with van der Waals surface area (Å²) in [6.07, 6.45) is 3.13. The number of benzene rings is 1. The van der Waals surface area contributed by atoms with E-state index in [1.807, 2.05) is 0 Å². The Morgan fingerprint density at radius 1 is 1.13 bits per heavy atom. The van der Waals surface area contributed by atoms with Crippen molar-refractivity contribution in [3.05, 3.63) is 58.5 Å². The summed E-state index contributed by atoms with van der Waals surface area (Å²) in [5.74, 6) is 0.754. The van der Waals surface area contributed by atoms with Crippen LogP contribution >= 0.6 is 0 Å². The molecule has 0 aliphatic carbocycles. The normalized spacial score (nSPS) is 19.7. The van der Waals surface area contributed by atoms with E-state index >= 15 is 0 Å². The number of hydrogen-bond donors (Lipinski definition) is 1. The molecule has 208 valence electrons. The standard InChI is InChI=1S/C28H34FN5O5/c1-28(2,3)25-14-20(34(27(36)37)17-19-13-23-24(15-30-19)39-11-10-38-23)6-7-32(25)8-9-33-22-5-4-18(29)12-21(22)31-16-26(33)35/h4-5,12-13,15-16,20,25H,6-11,14,17H2,1-3H3,(H,36,37). The molecule has 1 saturated heterocycles. The Hall–Kier alpha value is -3.73. The van der Waals surface area contributed by atoms with Gasteiger partial charge in [-0.1, -0.05) is 20.8 Å². The van der Waals surface area contributed by atoms with E-state index in [2.05, 4.69) is 35.6 Å². The average molecular weight is 540 g/mol. The summed E-state index contributed by atoms with van der Waals surface area (Å²) in [4.78, 5) is 37.3. The van der Waals surface area contributed by atoms with Gasteiger partial charge in [0.25, 0.3) is 5.56 Å². The number of rotatable bonds is 6. The fourth-order valence-electron chi connectivity index (χ4n) is 5.65. The molecule has 2 unspecified atom stereocenters. The number of likely N-dealkylation sites (tertiary alicyclic amines) is 1. The number of piperidine rings is 1. The summed E-state index contributed by atoms with van der Waals surface area (Å²) in [5.41, 5.74) is 1.27. The van der Waals surface area contributed by atoms with Crippen molar-refractivity contribution >= 4 is 17.1 Å². The van der Waals surface area contributed by atoms with Gasteiger partial charge in [-0.15, -0.1) is 0 Å². The minimum absolute atomic E-state index is 0.0765. The Labute approximate surface area is 226 Å². The minimum atomic E-state index is -0.986. The van der Waals surface area contributed by atoms with Crippen LogP contribution in [-0.2, 0) is 13.1 Å². The topological polar surface area (TPSA) is 110 Å². The van der Waals surface area contributed by atoms with Crippen LogP contribution in [-0.4, -0.2) is 73.9 Å². The molecule has 2 aliphatic heterocycles. The van der Waals surface area contributed by atoms with Gasteiger partial charge in [0.2, 0.25) is 0 Å². The van der Waals surface area contributed by atoms with E-state index in [0.717, 1.165) is 0 Å². The first kappa shape index (κ1) is 26.9. The molecule has 10 nitrogen and oxygen atoms in total. The monoisotopic (exact) mass is 539 g/mol. The molecule has 1 N–H and O–H groups in total. The first-order valence-electron chi connectivity index (χ1n) is 13.2. The molecule has 1 aromatic carbocycles. The Morgan fingerprint density at radius 3 is 2.64 bits per heavy atom. The van der Waals surface area contributed by atoms with Gasteiger partial charge in [0.15, 0.2) is 11.5 Å². The second kappa shape index (κ2) is 10.8. The van der Waals surface area contributed by atoms with E-state index in [1.54, 1.807) is 22.9 Å². The van der Waals surface area contributed by atoms with Crippen molar-refractivity contribution in [3.8, 4) is 11.5 Å². The number of fused-ring (bicyclic) bond motifs is 2. The molecule has 0 radical (unpaired) electrons. The van der Waals surface area contributed by atoms with Gasteiger partial charge in [0.05, 0.1) is 35.7 Å². The minimum Gasteiger partial charge on any atom is -0.486 e. The number of carbonyl (C=O) groups is 1. The summed E-state index contributed by atoms with van der Waals surface area (Å²) >= 11 is 0. The Morgan fingerprint density at radius 2 is 1.90 bits per heavy atom. The number of carboxylic acid groups (broad SMARTS) is 1. The fourth-order valence-corrected chi connectivity index (χ4v) is 5.65. The molecule has 11 heteroatoms. The van der Waals surface area contributed by atoms with E-state index in [4.69, 9.17) is 9.47 Å². The predicted octanol–water partition coefficient (Wildman–Crippen LogP) is 3.76. The number of hydrogen-bond acceptors (Lipinski definition) is 7. The highest BCUT2D eigenvalue weighted by Gasteiger charge is 2.39. The van der Waals surface area contributed by atoms with Crippen LogP contribution in [0.2, 0.25) is 0 Å². The van der Waals surface area contributed by atoms with E-state index < -0.39 is 11.9 Å². The van der Waals surface area contributed by atoms with Gasteiger partial charge in [-0.2, -0.15) is 0 Å². The Kier molecular flexibility index (Phi) is 7.44. The predicted molar refractivity (Wildman–Crippen MR) is 143 cm³/mol. The molecule has 1 amide bonds. The summed E-state index contributed by atoms with van der Waals surface area (Å²) < 4.78 is 26.5. The Balaban J connectivity index is 1.32. The molecule has 2 aliphatic rings. The molecule has 3 aromatic rings. The number of aromatic nitrogens is 3.